The summed E-state index contributed by atoms with van der Waals surface area (Å²) in [7, 11) is 1.78. The van der Waals surface area contributed by atoms with E-state index in [0.717, 1.165) is 63.9 Å². The summed E-state index contributed by atoms with van der Waals surface area (Å²) < 4.78 is 0. The number of hydrogen-bond donors (Lipinski definition) is 1. The molecule has 0 atom stereocenters. The molecule has 29 heavy (non-hydrogen) atoms. The highest BCUT2D eigenvalue weighted by molar-refractivity contribution is 6.30. The van der Waals surface area contributed by atoms with Crippen LogP contribution in [-0.4, -0.2) is 104 Å². The number of aliphatic imine (C=N–C) groups is 1. The summed E-state index contributed by atoms with van der Waals surface area (Å²) in [6.45, 7) is 12.2. The van der Waals surface area contributed by atoms with Gasteiger partial charge in [0.15, 0.2) is 5.96 Å². The first kappa shape index (κ1) is 21.9. The first-order valence-corrected chi connectivity index (χ1v) is 10.9. The van der Waals surface area contributed by atoms with E-state index in [1.165, 1.54) is 0 Å². The Hall–Kier alpha value is -1.83. The van der Waals surface area contributed by atoms with E-state index in [0.29, 0.717) is 24.7 Å². The zero-order valence-electron chi connectivity index (χ0n) is 17.6. The predicted molar refractivity (Wildman–Crippen MR) is 118 cm³/mol. The summed E-state index contributed by atoms with van der Waals surface area (Å²) in [6.07, 6.45) is 0. The summed E-state index contributed by atoms with van der Waals surface area (Å²) in [6, 6.07) is 7.68. The number of nitrogens with one attached hydrogen (secondary N) is 1. The van der Waals surface area contributed by atoms with Gasteiger partial charge in [-0.2, -0.15) is 0 Å². The van der Waals surface area contributed by atoms with Gasteiger partial charge < -0.3 is 20.0 Å². The topological polar surface area (TPSA) is 54.4 Å². The summed E-state index contributed by atoms with van der Waals surface area (Å²) in [5.41, 5.74) is 1.10. The fraction of sp³-hybridized carbons (Fsp3) is 0.619. The van der Waals surface area contributed by atoms with Gasteiger partial charge in [0.2, 0.25) is 5.91 Å². The average Bonchev–Trinajstić information content (AvgIpc) is 2.75. The van der Waals surface area contributed by atoms with Gasteiger partial charge in [-0.25, -0.2) is 0 Å². The second-order valence-electron chi connectivity index (χ2n) is 7.61. The maximum atomic E-state index is 12.6. The molecule has 0 radical (unpaired) electrons. The minimum Gasteiger partial charge on any atom is -0.355 e. The Kier molecular flexibility index (Phi) is 8.15. The maximum absolute atomic E-state index is 12.6. The molecule has 0 aliphatic carbocycles. The standard InChI is InChI=1S/C21H33ClN6O/c1-3-25-10-12-26(13-11-25)9-8-24-21(23-2)28-15-14-27(20(29)17-28)16-18-4-6-19(22)7-5-18/h4-7H,3,8-17H2,1-2H3,(H,23,24). The van der Waals surface area contributed by atoms with Crippen molar-refractivity contribution in [2.45, 2.75) is 13.5 Å². The summed E-state index contributed by atoms with van der Waals surface area (Å²) >= 11 is 5.94. The van der Waals surface area contributed by atoms with Crippen molar-refractivity contribution in [2.75, 3.05) is 72.5 Å². The van der Waals surface area contributed by atoms with E-state index in [9.17, 15) is 4.79 Å². The molecule has 7 nitrogen and oxygen atoms in total. The smallest absolute Gasteiger partial charge is 0.242 e. The quantitative estimate of drug-likeness (QED) is 0.553. The number of piperazine rings is 2. The molecular formula is C21H33ClN6O. The van der Waals surface area contributed by atoms with Gasteiger partial charge in [-0.1, -0.05) is 30.7 Å². The molecule has 0 aromatic heterocycles. The van der Waals surface area contributed by atoms with Crippen molar-refractivity contribution in [3.8, 4) is 0 Å². The largest absolute Gasteiger partial charge is 0.355 e. The van der Waals surface area contributed by atoms with Gasteiger partial charge in [0.05, 0.1) is 6.54 Å². The van der Waals surface area contributed by atoms with Crippen LogP contribution in [0.5, 0.6) is 0 Å². The van der Waals surface area contributed by atoms with Crippen LogP contribution in [0.4, 0.5) is 0 Å². The highest BCUT2D eigenvalue weighted by Gasteiger charge is 2.26. The van der Waals surface area contributed by atoms with Crippen molar-refractivity contribution in [1.82, 2.24) is 24.9 Å². The lowest BCUT2D eigenvalue weighted by Gasteiger charge is -2.37. The number of amides is 1. The van der Waals surface area contributed by atoms with Gasteiger partial charge in [0, 0.05) is 71.0 Å². The first-order chi connectivity index (χ1) is 14.1. The molecule has 2 saturated heterocycles. The van der Waals surface area contributed by atoms with Crippen LogP contribution in [0, 0.1) is 0 Å². The minimum atomic E-state index is 0.129. The third kappa shape index (κ3) is 6.32. The SMILES string of the molecule is CCN1CCN(CCNC(=NC)N2CCN(Cc3ccc(Cl)cc3)C(=O)C2)CC1. The zero-order valence-corrected chi connectivity index (χ0v) is 18.4. The van der Waals surface area contributed by atoms with Crippen LogP contribution in [0.3, 0.4) is 0 Å². The number of rotatable bonds is 6. The number of likely N-dealkylation sites (N-methyl/N-ethyl adjacent to an activating group) is 1. The monoisotopic (exact) mass is 420 g/mol. The molecule has 1 aromatic rings. The van der Waals surface area contributed by atoms with E-state index in [2.05, 4.69) is 31.9 Å². The molecule has 0 bridgehead atoms. The van der Waals surface area contributed by atoms with Gasteiger partial charge in [0.1, 0.15) is 0 Å². The molecule has 1 N–H and O–H groups in total. The Labute approximate surface area is 179 Å². The zero-order chi connectivity index (χ0) is 20.6. The lowest BCUT2D eigenvalue weighted by Crippen LogP contribution is -2.55. The molecule has 2 heterocycles. The predicted octanol–water partition coefficient (Wildman–Crippen LogP) is 1.20. The third-order valence-electron chi connectivity index (χ3n) is 5.74. The lowest BCUT2D eigenvalue weighted by atomic mass is 10.2. The number of hydrogen-bond acceptors (Lipinski definition) is 4. The molecule has 2 aliphatic heterocycles. The third-order valence-corrected chi connectivity index (χ3v) is 5.99. The molecule has 0 saturated carbocycles. The maximum Gasteiger partial charge on any atom is 0.242 e. The molecule has 8 heteroatoms. The van der Waals surface area contributed by atoms with Crippen LogP contribution in [0.15, 0.2) is 29.3 Å². The first-order valence-electron chi connectivity index (χ1n) is 10.5. The molecular weight excluding hydrogens is 388 g/mol. The van der Waals surface area contributed by atoms with E-state index in [-0.39, 0.29) is 5.91 Å². The summed E-state index contributed by atoms with van der Waals surface area (Å²) in [4.78, 5) is 26.0. The lowest BCUT2D eigenvalue weighted by molar-refractivity contribution is -0.135. The molecule has 0 spiro atoms. The van der Waals surface area contributed by atoms with Crippen molar-refractivity contribution < 1.29 is 4.79 Å². The van der Waals surface area contributed by atoms with Crippen LogP contribution < -0.4 is 5.32 Å². The van der Waals surface area contributed by atoms with Gasteiger partial charge in [-0.05, 0) is 24.2 Å². The summed E-state index contributed by atoms with van der Waals surface area (Å²) in [5, 5.41) is 4.15. The van der Waals surface area contributed by atoms with E-state index < -0.39 is 0 Å². The Balaban J connectivity index is 1.42. The Morgan fingerprint density at radius 1 is 1.07 bits per heavy atom. The van der Waals surface area contributed by atoms with Crippen molar-refractivity contribution in [1.29, 1.82) is 0 Å². The van der Waals surface area contributed by atoms with E-state index >= 15 is 0 Å². The highest BCUT2D eigenvalue weighted by atomic mass is 35.5. The fourth-order valence-corrected chi connectivity index (χ4v) is 3.98. The van der Waals surface area contributed by atoms with Crippen LogP contribution >= 0.6 is 11.6 Å². The molecule has 1 aromatic carbocycles. The van der Waals surface area contributed by atoms with Gasteiger partial charge >= 0.3 is 0 Å². The fourth-order valence-electron chi connectivity index (χ4n) is 3.85. The minimum absolute atomic E-state index is 0.129. The van der Waals surface area contributed by atoms with E-state index in [1.807, 2.05) is 29.2 Å². The number of halogens is 1. The number of carbonyl (C=O) groups is 1. The van der Waals surface area contributed by atoms with Gasteiger partial charge in [0.25, 0.3) is 0 Å². The molecule has 2 fully saturated rings. The highest BCUT2D eigenvalue weighted by Crippen LogP contribution is 2.13. The van der Waals surface area contributed by atoms with E-state index in [1.54, 1.807) is 7.05 Å². The van der Waals surface area contributed by atoms with Crippen molar-refractivity contribution >= 4 is 23.5 Å². The number of carbonyl (C=O) groups excluding carboxylic acids is 1. The van der Waals surface area contributed by atoms with Crippen molar-refractivity contribution in [3.05, 3.63) is 34.9 Å². The second kappa shape index (κ2) is 10.8. The van der Waals surface area contributed by atoms with E-state index in [4.69, 9.17) is 11.6 Å². The molecule has 3 rings (SSSR count). The van der Waals surface area contributed by atoms with Crippen LogP contribution in [0.2, 0.25) is 5.02 Å². The average molecular weight is 421 g/mol. The number of nitrogens with zero attached hydrogens (tertiary/aromatic N) is 5. The number of benzene rings is 1. The van der Waals surface area contributed by atoms with Gasteiger partial charge in [-0.15, -0.1) is 0 Å². The number of guanidine groups is 1. The van der Waals surface area contributed by atoms with Crippen molar-refractivity contribution in [3.63, 3.8) is 0 Å². The molecule has 2 aliphatic rings. The molecule has 0 unspecified atom stereocenters. The van der Waals surface area contributed by atoms with Crippen molar-refractivity contribution in [2.24, 2.45) is 4.99 Å². The normalized spacial score (nSPS) is 19.7. The molecule has 1 amide bonds. The molecule has 160 valence electrons. The Bertz CT molecular complexity index is 687. The summed E-state index contributed by atoms with van der Waals surface area (Å²) in [5.74, 6) is 0.946. The second-order valence-corrected chi connectivity index (χ2v) is 8.05. The van der Waals surface area contributed by atoms with Crippen LogP contribution in [0.1, 0.15) is 12.5 Å². The Morgan fingerprint density at radius 2 is 1.76 bits per heavy atom. The van der Waals surface area contributed by atoms with Gasteiger partial charge in [-0.3, -0.25) is 14.7 Å². The van der Waals surface area contributed by atoms with Crippen LogP contribution in [-0.2, 0) is 11.3 Å². The van der Waals surface area contributed by atoms with Crippen LogP contribution in [0.25, 0.3) is 0 Å². The Morgan fingerprint density at radius 3 is 2.38 bits per heavy atom.